The van der Waals surface area contributed by atoms with Crippen LogP contribution in [-0.4, -0.2) is 41.1 Å². The molecule has 1 aliphatic heterocycles. The Balaban J connectivity index is 1.93. The minimum Gasteiger partial charge on any atom is -0.326 e. The maximum atomic E-state index is 12.0. The van der Waals surface area contributed by atoms with E-state index in [1.807, 2.05) is 11.8 Å². The van der Waals surface area contributed by atoms with Crippen LogP contribution in [0.15, 0.2) is 0 Å². The summed E-state index contributed by atoms with van der Waals surface area (Å²) in [6.45, 7) is 2.83. The Morgan fingerprint density at radius 3 is 2.87 bits per heavy atom. The summed E-state index contributed by atoms with van der Waals surface area (Å²) in [7, 11) is 0. The predicted octanol–water partition coefficient (Wildman–Crippen LogP) is 1.44. The van der Waals surface area contributed by atoms with E-state index in [0.29, 0.717) is 11.9 Å². The second kappa shape index (κ2) is 4.74. The highest BCUT2D eigenvalue weighted by atomic mass is 32.2. The van der Waals surface area contributed by atoms with E-state index in [9.17, 15) is 4.79 Å². The van der Waals surface area contributed by atoms with E-state index in [1.165, 1.54) is 19.3 Å². The first-order valence-corrected chi connectivity index (χ1v) is 7.11. The van der Waals surface area contributed by atoms with Crippen LogP contribution >= 0.6 is 11.8 Å². The van der Waals surface area contributed by atoms with Gasteiger partial charge in [-0.15, -0.1) is 0 Å². The summed E-state index contributed by atoms with van der Waals surface area (Å²) >= 11 is 1.94. The molecule has 2 rings (SSSR count). The summed E-state index contributed by atoms with van der Waals surface area (Å²) in [6.07, 6.45) is 6.73. The number of nitrogens with zero attached hydrogens (tertiary/aromatic N) is 1. The Morgan fingerprint density at radius 2 is 2.33 bits per heavy atom. The number of rotatable bonds is 3. The fourth-order valence-corrected chi connectivity index (χ4v) is 3.40. The van der Waals surface area contributed by atoms with Crippen LogP contribution in [0.25, 0.3) is 0 Å². The molecule has 1 saturated carbocycles. The molecule has 0 radical (unpaired) electrons. The van der Waals surface area contributed by atoms with E-state index >= 15 is 0 Å². The average Bonchev–Trinajstić information content (AvgIpc) is 2.83. The number of carbonyl (C=O) groups is 1. The lowest BCUT2D eigenvalue weighted by molar-refractivity contribution is -0.130. The van der Waals surface area contributed by atoms with Gasteiger partial charge < -0.3 is 4.90 Å². The lowest BCUT2D eigenvalue weighted by atomic mass is 10.2. The van der Waals surface area contributed by atoms with Gasteiger partial charge in [-0.05, 0) is 31.9 Å². The molecule has 1 heterocycles. The monoisotopic (exact) mass is 228 g/mol. The summed E-state index contributed by atoms with van der Waals surface area (Å²) < 4.78 is 0. The number of hydrogen-bond acceptors (Lipinski definition) is 3. The van der Waals surface area contributed by atoms with Gasteiger partial charge in [0, 0.05) is 11.3 Å². The highest BCUT2D eigenvalue weighted by Gasteiger charge is 2.37. The predicted molar refractivity (Wildman–Crippen MR) is 63.9 cm³/mol. The Morgan fingerprint density at radius 1 is 1.53 bits per heavy atom. The van der Waals surface area contributed by atoms with Crippen molar-refractivity contribution in [2.75, 3.05) is 12.9 Å². The molecular weight excluding hydrogens is 208 g/mol. The van der Waals surface area contributed by atoms with Crippen LogP contribution in [0.3, 0.4) is 0 Å². The molecule has 3 atom stereocenters. The third-order valence-electron chi connectivity index (χ3n) is 3.63. The Hall–Kier alpha value is -0.220. The molecule has 2 fully saturated rings. The van der Waals surface area contributed by atoms with E-state index in [1.54, 1.807) is 0 Å². The molecule has 3 nitrogen and oxygen atoms in total. The van der Waals surface area contributed by atoms with Gasteiger partial charge in [0.1, 0.15) is 0 Å². The van der Waals surface area contributed by atoms with Crippen molar-refractivity contribution in [3.8, 4) is 0 Å². The number of carbonyl (C=O) groups excluding carboxylic acids is 1. The molecule has 0 aromatic heterocycles. The zero-order valence-corrected chi connectivity index (χ0v) is 10.3. The molecule has 2 aliphatic rings. The molecule has 1 aliphatic carbocycles. The minimum absolute atomic E-state index is 0.0818. The highest BCUT2D eigenvalue weighted by Crippen LogP contribution is 2.32. The molecule has 86 valence electrons. The largest absolute Gasteiger partial charge is 0.326 e. The van der Waals surface area contributed by atoms with Crippen molar-refractivity contribution in [1.29, 1.82) is 0 Å². The minimum atomic E-state index is 0.0818. The maximum Gasteiger partial charge on any atom is 0.241 e. The number of amides is 1. The molecule has 4 heteroatoms. The zero-order valence-electron chi connectivity index (χ0n) is 9.53. The summed E-state index contributed by atoms with van der Waals surface area (Å²) in [5.41, 5.74) is 0. The van der Waals surface area contributed by atoms with Gasteiger partial charge in [-0.25, -0.2) is 0 Å². The first kappa shape index (κ1) is 11.3. The third kappa shape index (κ3) is 2.16. The van der Waals surface area contributed by atoms with E-state index in [4.69, 9.17) is 0 Å². The van der Waals surface area contributed by atoms with Gasteiger partial charge >= 0.3 is 0 Å². The van der Waals surface area contributed by atoms with Crippen molar-refractivity contribution in [3.63, 3.8) is 0 Å². The first-order chi connectivity index (χ1) is 7.26. The molecule has 0 aromatic rings. The highest BCUT2D eigenvalue weighted by molar-refractivity contribution is 7.99. The topological polar surface area (TPSA) is 32.3 Å². The van der Waals surface area contributed by atoms with Crippen molar-refractivity contribution in [3.05, 3.63) is 0 Å². The SMILES string of the molecule is CCC1NCN(C2CCC(SC)C2)C1=O. The van der Waals surface area contributed by atoms with Crippen molar-refractivity contribution in [1.82, 2.24) is 10.2 Å². The lowest BCUT2D eigenvalue weighted by Crippen LogP contribution is -2.37. The van der Waals surface area contributed by atoms with E-state index in [-0.39, 0.29) is 6.04 Å². The Bertz CT molecular complexity index is 247. The third-order valence-corrected chi connectivity index (χ3v) is 4.72. The summed E-state index contributed by atoms with van der Waals surface area (Å²) in [5.74, 6) is 0.323. The van der Waals surface area contributed by atoms with Crippen molar-refractivity contribution in [2.45, 2.75) is 49.9 Å². The van der Waals surface area contributed by atoms with Gasteiger partial charge in [0.05, 0.1) is 12.7 Å². The van der Waals surface area contributed by atoms with Crippen molar-refractivity contribution in [2.24, 2.45) is 0 Å². The van der Waals surface area contributed by atoms with Crippen LogP contribution in [0.1, 0.15) is 32.6 Å². The molecule has 0 spiro atoms. The van der Waals surface area contributed by atoms with Gasteiger partial charge in [0.25, 0.3) is 0 Å². The van der Waals surface area contributed by atoms with Crippen LogP contribution in [0.4, 0.5) is 0 Å². The average molecular weight is 228 g/mol. The standard InChI is InChI=1S/C11H20N2OS/c1-3-10-11(14)13(7-12-10)8-4-5-9(6-8)15-2/h8-10,12H,3-7H2,1-2H3. The Kier molecular flexibility index (Phi) is 3.57. The lowest BCUT2D eigenvalue weighted by Gasteiger charge is -2.23. The molecule has 0 aromatic carbocycles. The van der Waals surface area contributed by atoms with Gasteiger partial charge in [-0.3, -0.25) is 10.1 Å². The number of hydrogen-bond donors (Lipinski definition) is 1. The molecule has 1 saturated heterocycles. The van der Waals surface area contributed by atoms with Gasteiger partial charge in [-0.2, -0.15) is 11.8 Å². The van der Waals surface area contributed by atoms with E-state index in [2.05, 4.69) is 23.4 Å². The molecule has 1 amide bonds. The second-order valence-corrected chi connectivity index (χ2v) is 5.59. The summed E-state index contributed by atoms with van der Waals surface area (Å²) in [5, 5.41) is 4.05. The fourth-order valence-electron chi connectivity index (χ4n) is 2.62. The van der Waals surface area contributed by atoms with Gasteiger partial charge in [0.15, 0.2) is 0 Å². The van der Waals surface area contributed by atoms with E-state index in [0.717, 1.165) is 18.3 Å². The van der Waals surface area contributed by atoms with Crippen LogP contribution in [0.2, 0.25) is 0 Å². The second-order valence-electron chi connectivity index (χ2n) is 4.46. The Labute approximate surface area is 96.0 Å². The molecule has 15 heavy (non-hydrogen) atoms. The summed E-state index contributed by atoms with van der Waals surface area (Å²) in [6, 6.07) is 0.581. The summed E-state index contributed by atoms with van der Waals surface area (Å²) in [4.78, 5) is 14.0. The normalized spacial score (nSPS) is 36.5. The van der Waals surface area contributed by atoms with Crippen LogP contribution < -0.4 is 5.32 Å². The number of nitrogens with one attached hydrogen (secondary N) is 1. The fraction of sp³-hybridized carbons (Fsp3) is 0.909. The van der Waals surface area contributed by atoms with Crippen LogP contribution in [0.5, 0.6) is 0 Å². The molecule has 3 unspecified atom stereocenters. The first-order valence-electron chi connectivity index (χ1n) is 5.83. The molecule has 0 bridgehead atoms. The van der Waals surface area contributed by atoms with Crippen LogP contribution in [0, 0.1) is 0 Å². The van der Waals surface area contributed by atoms with Gasteiger partial charge in [-0.1, -0.05) is 6.92 Å². The quantitative estimate of drug-likeness (QED) is 0.793. The van der Waals surface area contributed by atoms with E-state index < -0.39 is 0 Å². The van der Waals surface area contributed by atoms with Crippen molar-refractivity contribution >= 4 is 17.7 Å². The molecule has 1 N–H and O–H groups in total. The maximum absolute atomic E-state index is 12.0. The van der Waals surface area contributed by atoms with Crippen LogP contribution in [-0.2, 0) is 4.79 Å². The smallest absolute Gasteiger partial charge is 0.241 e. The number of thioether (sulfide) groups is 1. The van der Waals surface area contributed by atoms with Gasteiger partial charge in [0.2, 0.25) is 5.91 Å². The zero-order chi connectivity index (χ0) is 10.8. The van der Waals surface area contributed by atoms with Crippen molar-refractivity contribution < 1.29 is 4.79 Å². The molecular formula is C11H20N2OS.